The molecular weight excluding hydrogens is 292 g/mol. The first-order chi connectivity index (χ1) is 10.6. The average Bonchev–Trinajstić information content (AvgIpc) is 2.72. The van der Waals surface area contributed by atoms with Crippen LogP contribution in [0.4, 0.5) is 0 Å². The molecule has 3 atom stereocenters. The molecule has 0 nitrogen and oxygen atoms in total. The number of aryl methyl sites for hydroxylation is 1. The van der Waals surface area contributed by atoms with Gasteiger partial charge in [0.25, 0.3) is 0 Å². The summed E-state index contributed by atoms with van der Waals surface area (Å²) in [4.78, 5) is 0. The maximum absolute atomic E-state index is 4.65. The van der Waals surface area contributed by atoms with Crippen molar-refractivity contribution in [3.63, 3.8) is 0 Å². The van der Waals surface area contributed by atoms with Crippen molar-refractivity contribution in [3.8, 4) is 0 Å². The third-order valence-corrected chi connectivity index (χ3v) is 8.37. The second kappa shape index (κ2) is 5.48. The van der Waals surface area contributed by atoms with Gasteiger partial charge in [0, 0.05) is 0 Å². The minimum atomic E-state index is -1.37. The molecule has 1 fully saturated rings. The first-order valence-electron chi connectivity index (χ1n) is 9.12. The zero-order valence-electron chi connectivity index (χ0n) is 15.8. The first-order valence-corrected chi connectivity index (χ1v) is 12.6. The Morgan fingerprint density at radius 2 is 1.91 bits per heavy atom. The van der Waals surface area contributed by atoms with Gasteiger partial charge < -0.3 is 0 Å². The van der Waals surface area contributed by atoms with E-state index in [4.69, 9.17) is 0 Å². The second-order valence-corrected chi connectivity index (χ2v) is 14.5. The first kappa shape index (κ1) is 16.8. The van der Waals surface area contributed by atoms with Gasteiger partial charge in [0.15, 0.2) is 0 Å². The van der Waals surface area contributed by atoms with Crippen LogP contribution in [0.3, 0.4) is 0 Å². The lowest BCUT2D eigenvalue weighted by Crippen LogP contribution is -2.37. The van der Waals surface area contributed by atoms with Gasteiger partial charge in [-0.15, -0.1) is 0 Å². The average molecular weight is 325 g/mol. The Balaban J connectivity index is 2.19. The molecular formula is C22H32Si. The maximum Gasteiger partial charge on any atom is 0.0732 e. The van der Waals surface area contributed by atoms with Crippen molar-refractivity contribution in [1.29, 1.82) is 0 Å². The van der Waals surface area contributed by atoms with Gasteiger partial charge in [0.2, 0.25) is 0 Å². The van der Waals surface area contributed by atoms with E-state index < -0.39 is 8.07 Å². The zero-order valence-corrected chi connectivity index (χ0v) is 16.8. The Morgan fingerprint density at radius 3 is 2.52 bits per heavy atom. The van der Waals surface area contributed by atoms with E-state index in [1.165, 1.54) is 41.5 Å². The van der Waals surface area contributed by atoms with Crippen molar-refractivity contribution in [1.82, 2.24) is 0 Å². The fourth-order valence-corrected chi connectivity index (χ4v) is 7.12. The van der Waals surface area contributed by atoms with Crippen molar-refractivity contribution in [2.24, 2.45) is 17.3 Å². The zero-order chi connectivity index (χ0) is 17.0. The van der Waals surface area contributed by atoms with Gasteiger partial charge in [0.05, 0.1) is 8.07 Å². The minimum absolute atomic E-state index is 0.444. The summed E-state index contributed by atoms with van der Waals surface area (Å²) in [6.45, 7) is 19.3. The molecule has 0 aromatic heterocycles. The van der Waals surface area contributed by atoms with Crippen LogP contribution < -0.4 is 0 Å². The largest absolute Gasteiger partial charge is 0.0949 e. The van der Waals surface area contributed by atoms with Gasteiger partial charge in [-0.25, -0.2) is 0 Å². The van der Waals surface area contributed by atoms with E-state index in [0.717, 1.165) is 5.92 Å². The van der Waals surface area contributed by atoms with Crippen molar-refractivity contribution in [2.75, 3.05) is 0 Å². The molecule has 0 heterocycles. The summed E-state index contributed by atoms with van der Waals surface area (Å²) >= 11 is 0. The number of hydrogen-bond acceptors (Lipinski definition) is 0. The van der Waals surface area contributed by atoms with Crippen LogP contribution in [0.5, 0.6) is 0 Å². The predicted octanol–water partition coefficient (Wildman–Crippen LogP) is 6.64. The van der Waals surface area contributed by atoms with Gasteiger partial charge in [0.1, 0.15) is 0 Å². The monoisotopic (exact) mass is 324 g/mol. The van der Waals surface area contributed by atoms with Crippen LogP contribution in [0.25, 0.3) is 5.57 Å². The molecule has 2 aliphatic carbocycles. The highest BCUT2D eigenvalue weighted by molar-refractivity contribution is 6.84. The smallest absolute Gasteiger partial charge is 0.0732 e. The summed E-state index contributed by atoms with van der Waals surface area (Å²) in [6.07, 6.45) is 3.98. The lowest BCUT2D eigenvalue weighted by molar-refractivity contribution is 0.256. The Morgan fingerprint density at radius 1 is 1.22 bits per heavy atom. The molecule has 0 radical (unpaired) electrons. The summed E-state index contributed by atoms with van der Waals surface area (Å²) in [5, 5.41) is 1.75. The Hall–Kier alpha value is -1.08. The lowest BCUT2D eigenvalue weighted by Gasteiger charge is -2.44. The predicted molar refractivity (Wildman–Crippen MR) is 105 cm³/mol. The number of benzene rings is 1. The highest BCUT2D eigenvalue weighted by atomic mass is 28.3. The van der Waals surface area contributed by atoms with E-state index in [-0.39, 0.29) is 0 Å². The molecule has 1 aromatic carbocycles. The van der Waals surface area contributed by atoms with Gasteiger partial charge >= 0.3 is 0 Å². The van der Waals surface area contributed by atoms with Gasteiger partial charge in [-0.3, -0.25) is 0 Å². The van der Waals surface area contributed by atoms with E-state index in [9.17, 15) is 0 Å². The standard InChI is InChI=1S/C22H32Si/c1-15-9-8-10-18(11-15)21-17(3)19-12-16(2)13-22(19,4)14-20(21)23(5,6)7/h8-11,16,19H,3,12-14H2,1-2,4-7H3/t16-,19+,22+/m0/s1. The highest BCUT2D eigenvalue weighted by Crippen LogP contribution is 2.60. The molecule has 1 aromatic rings. The van der Waals surface area contributed by atoms with Gasteiger partial charge in [-0.1, -0.05) is 75.1 Å². The Labute approximate surface area is 143 Å². The quantitative estimate of drug-likeness (QED) is 0.535. The summed E-state index contributed by atoms with van der Waals surface area (Å²) < 4.78 is 0. The third-order valence-electron chi connectivity index (χ3n) is 6.13. The molecule has 0 N–H and O–H groups in total. The van der Waals surface area contributed by atoms with E-state index >= 15 is 0 Å². The number of fused-ring (bicyclic) bond motifs is 1. The van der Waals surface area contributed by atoms with Crippen molar-refractivity contribution in [3.05, 3.63) is 52.7 Å². The summed E-state index contributed by atoms with van der Waals surface area (Å²) in [5.74, 6) is 1.51. The van der Waals surface area contributed by atoms with E-state index in [1.54, 1.807) is 5.20 Å². The lowest BCUT2D eigenvalue weighted by atomic mass is 9.67. The molecule has 0 amide bonds. The molecule has 2 aliphatic rings. The van der Waals surface area contributed by atoms with Gasteiger partial charge in [-0.05, 0) is 60.1 Å². The number of hydrogen-bond donors (Lipinski definition) is 0. The second-order valence-electron chi connectivity index (χ2n) is 9.43. The van der Waals surface area contributed by atoms with Gasteiger partial charge in [-0.2, -0.15) is 0 Å². The summed E-state index contributed by atoms with van der Waals surface area (Å²) in [7, 11) is -1.37. The van der Waals surface area contributed by atoms with E-state index in [0.29, 0.717) is 11.3 Å². The summed E-state index contributed by atoms with van der Waals surface area (Å²) in [5.41, 5.74) is 6.18. The SMILES string of the molecule is C=C1C(c2cccc(C)c2)=C([Si](C)(C)C)C[C@@]2(C)C[C@@H](C)C[C@H]12. The molecule has 23 heavy (non-hydrogen) atoms. The van der Waals surface area contributed by atoms with E-state index in [2.05, 4.69) is 71.3 Å². The van der Waals surface area contributed by atoms with Crippen molar-refractivity contribution >= 4 is 13.6 Å². The fraction of sp³-hybridized carbons (Fsp3) is 0.545. The molecule has 1 saturated carbocycles. The van der Waals surface area contributed by atoms with Crippen LogP contribution in [-0.4, -0.2) is 8.07 Å². The normalized spacial score (nSPS) is 31.5. The topological polar surface area (TPSA) is 0 Å². The molecule has 0 saturated heterocycles. The maximum atomic E-state index is 4.65. The van der Waals surface area contributed by atoms with Crippen LogP contribution in [-0.2, 0) is 0 Å². The third kappa shape index (κ3) is 2.89. The fourth-order valence-electron chi connectivity index (χ4n) is 5.13. The van der Waals surface area contributed by atoms with E-state index in [1.807, 2.05) is 0 Å². The molecule has 124 valence electrons. The molecule has 0 unspecified atom stereocenters. The molecule has 0 aliphatic heterocycles. The molecule has 1 heteroatoms. The van der Waals surface area contributed by atoms with Crippen LogP contribution in [0.15, 0.2) is 41.6 Å². The molecule has 0 spiro atoms. The van der Waals surface area contributed by atoms with Crippen LogP contribution in [0, 0.1) is 24.2 Å². The van der Waals surface area contributed by atoms with Crippen LogP contribution in [0.1, 0.15) is 44.2 Å². The van der Waals surface area contributed by atoms with Crippen LogP contribution >= 0.6 is 0 Å². The Kier molecular flexibility index (Phi) is 3.99. The highest BCUT2D eigenvalue weighted by Gasteiger charge is 2.49. The number of rotatable bonds is 2. The summed E-state index contributed by atoms with van der Waals surface area (Å²) in [6, 6.07) is 9.07. The Bertz CT molecular complexity index is 673. The van der Waals surface area contributed by atoms with Crippen molar-refractivity contribution < 1.29 is 0 Å². The molecule has 0 bridgehead atoms. The molecule has 3 rings (SSSR count). The van der Waals surface area contributed by atoms with Crippen LogP contribution in [0.2, 0.25) is 19.6 Å². The van der Waals surface area contributed by atoms with Crippen molar-refractivity contribution in [2.45, 2.75) is 59.7 Å². The minimum Gasteiger partial charge on any atom is -0.0949 e. The number of allylic oxidation sites excluding steroid dienone is 3.